The Labute approximate surface area is 157 Å². The number of nitrogens with zero attached hydrogens (tertiary/aromatic N) is 2. The summed E-state index contributed by atoms with van der Waals surface area (Å²) in [7, 11) is 0. The molecule has 2 aromatic rings. The van der Waals surface area contributed by atoms with Crippen LogP contribution in [-0.4, -0.2) is 29.3 Å². The summed E-state index contributed by atoms with van der Waals surface area (Å²) in [6.07, 6.45) is 6.49. The standard InChI is InChI=1S/C19H23N3O3S/c1-3-11-25-15-9-5-13(12-16(15)24-4-2)6-10-17(23)20-19-22-21-18(26-19)14-7-8-14/h5-6,9-10,12,14H,3-4,7-8,11H2,1-2H3,(H,20,22,23)/b10-6+. The molecule has 0 atom stereocenters. The number of ether oxygens (including phenoxy) is 2. The van der Waals surface area contributed by atoms with Gasteiger partial charge in [0.2, 0.25) is 11.0 Å². The molecule has 26 heavy (non-hydrogen) atoms. The molecular formula is C19H23N3O3S. The molecule has 1 aliphatic carbocycles. The highest BCUT2D eigenvalue weighted by molar-refractivity contribution is 7.15. The predicted molar refractivity (Wildman–Crippen MR) is 103 cm³/mol. The van der Waals surface area contributed by atoms with Gasteiger partial charge in [0.15, 0.2) is 11.5 Å². The van der Waals surface area contributed by atoms with Crippen molar-refractivity contribution in [1.29, 1.82) is 0 Å². The van der Waals surface area contributed by atoms with Crippen LogP contribution in [0.4, 0.5) is 5.13 Å². The Morgan fingerprint density at radius 2 is 2.12 bits per heavy atom. The maximum absolute atomic E-state index is 12.1. The quantitative estimate of drug-likeness (QED) is 0.665. The van der Waals surface area contributed by atoms with Crippen molar-refractivity contribution in [2.45, 2.75) is 39.0 Å². The van der Waals surface area contributed by atoms with Crippen molar-refractivity contribution in [2.75, 3.05) is 18.5 Å². The number of benzene rings is 1. The van der Waals surface area contributed by atoms with E-state index in [9.17, 15) is 4.79 Å². The number of hydrogen-bond donors (Lipinski definition) is 1. The summed E-state index contributed by atoms with van der Waals surface area (Å²) >= 11 is 1.45. The predicted octanol–water partition coefficient (Wildman–Crippen LogP) is 4.25. The van der Waals surface area contributed by atoms with Crippen molar-refractivity contribution in [1.82, 2.24) is 10.2 Å². The molecule has 1 heterocycles. The second kappa shape index (κ2) is 8.80. The highest BCUT2D eigenvalue weighted by Crippen LogP contribution is 2.42. The Kier molecular flexibility index (Phi) is 6.22. The number of aromatic nitrogens is 2. The number of amides is 1. The molecule has 1 fully saturated rings. The topological polar surface area (TPSA) is 73.3 Å². The lowest BCUT2D eigenvalue weighted by molar-refractivity contribution is -0.111. The zero-order chi connectivity index (χ0) is 18.4. The maximum atomic E-state index is 12.1. The van der Waals surface area contributed by atoms with Crippen LogP contribution >= 0.6 is 11.3 Å². The molecule has 0 unspecified atom stereocenters. The molecule has 1 aromatic carbocycles. The SMILES string of the molecule is CCCOc1ccc(/C=C/C(=O)Nc2nnc(C3CC3)s2)cc1OCC. The zero-order valence-corrected chi connectivity index (χ0v) is 15.8. The van der Waals surface area contributed by atoms with Crippen LogP contribution in [0.1, 0.15) is 49.6 Å². The lowest BCUT2D eigenvalue weighted by Gasteiger charge is -2.12. The summed E-state index contributed by atoms with van der Waals surface area (Å²) in [6.45, 7) is 5.18. The van der Waals surface area contributed by atoms with E-state index in [0.717, 1.165) is 22.7 Å². The summed E-state index contributed by atoms with van der Waals surface area (Å²) < 4.78 is 11.3. The number of rotatable bonds is 9. The minimum atomic E-state index is -0.229. The Morgan fingerprint density at radius 1 is 1.27 bits per heavy atom. The van der Waals surface area contributed by atoms with Gasteiger partial charge in [-0.1, -0.05) is 24.3 Å². The van der Waals surface area contributed by atoms with E-state index in [4.69, 9.17) is 9.47 Å². The number of carbonyl (C=O) groups is 1. The minimum absolute atomic E-state index is 0.229. The first-order valence-corrected chi connectivity index (χ1v) is 9.73. The third kappa shape index (κ3) is 5.05. The van der Waals surface area contributed by atoms with Gasteiger partial charge in [-0.3, -0.25) is 10.1 Å². The van der Waals surface area contributed by atoms with Crippen molar-refractivity contribution < 1.29 is 14.3 Å². The van der Waals surface area contributed by atoms with Gasteiger partial charge in [0, 0.05) is 12.0 Å². The maximum Gasteiger partial charge on any atom is 0.250 e. The van der Waals surface area contributed by atoms with Gasteiger partial charge >= 0.3 is 0 Å². The Balaban J connectivity index is 1.62. The normalized spacial score (nSPS) is 13.8. The molecule has 0 saturated heterocycles. The first-order chi connectivity index (χ1) is 12.7. The summed E-state index contributed by atoms with van der Waals surface area (Å²) in [4.78, 5) is 12.1. The molecule has 0 aliphatic heterocycles. The third-order valence-electron chi connectivity index (χ3n) is 3.75. The zero-order valence-electron chi connectivity index (χ0n) is 15.0. The van der Waals surface area contributed by atoms with E-state index in [2.05, 4.69) is 22.4 Å². The molecule has 1 amide bonds. The summed E-state index contributed by atoms with van der Waals surface area (Å²) in [5, 5.41) is 12.4. The van der Waals surface area contributed by atoms with Gasteiger partial charge in [0.1, 0.15) is 5.01 Å². The van der Waals surface area contributed by atoms with Gasteiger partial charge in [0.05, 0.1) is 13.2 Å². The molecule has 1 N–H and O–H groups in total. The monoisotopic (exact) mass is 373 g/mol. The molecule has 7 heteroatoms. The third-order valence-corrected chi connectivity index (χ3v) is 4.75. The first kappa shape index (κ1) is 18.4. The van der Waals surface area contributed by atoms with Crippen LogP contribution in [0.2, 0.25) is 0 Å². The van der Waals surface area contributed by atoms with E-state index in [0.29, 0.717) is 30.0 Å². The number of nitrogens with one attached hydrogen (secondary N) is 1. The Morgan fingerprint density at radius 3 is 2.85 bits per heavy atom. The average molecular weight is 373 g/mol. The van der Waals surface area contributed by atoms with E-state index in [1.807, 2.05) is 25.1 Å². The van der Waals surface area contributed by atoms with Gasteiger partial charge in [0.25, 0.3) is 0 Å². The minimum Gasteiger partial charge on any atom is -0.490 e. The van der Waals surface area contributed by atoms with Crippen molar-refractivity contribution in [3.05, 3.63) is 34.8 Å². The summed E-state index contributed by atoms with van der Waals surface area (Å²) in [5.74, 6) is 1.71. The van der Waals surface area contributed by atoms with Crippen LogP contribution < -0.4 is 14.8 Å². The molecule has 1 aromatic heterocycles. The largest absolute Gasteiger partial charge is 0.490 e. The molecule has 1 aliphatic rings. The Bertz CT molecular complexity index is 784. The molecule has 0 bridgehead atoms. The second-order valence-electron chi connectivity index (χ2n) is 6.03. The fraction of sp³-hybridized carbons (Fsp3) is 0.421. The molecular weight excluding hydrogens is 350 g/mol. The van der Waals surface area contributed by atoms with Crippen molar-refractivity contribution >= 4 is 28.5 Å². The second-order valence-corrected chi connectivity index (χ2v) is 7.04. The highest BCUT2D eigenvalue weighted by atomic mass is 32.1. The smallest absolute Gasteiger partial charge is 0.250 e. The van der Waals surface area contributed by atoms with Crippen LogP contribution in [0.15, 0.2) is 24.3 Å². The van der Waals surface area contributed by atoms with Crippen LogP contribution in [0.25, 0.3) is 6.08 Å². The molecule has 0 spiro atoms. The highest BCUT2D eigenvalue weighted by Gasteiger charge is 2.27. The van der Waals surface area contributed by atoms with Crippen LogP contribution in [0.5, 0.6) is 11.5 Å². The molecule has 1 saturated carbocycles. The van der Waals surface area contributed by atoms with Gasteiger partial charge in [-0.2, -0.15) is 0 Å². The molecule has 138 valence electrons. The van der Waals surface area contributed by atoms with Crippen molar-refractivity contribution in [2.24, 2.45) is 0 Å². The van der Waals surface area contributed by atoms with Gasteiger partial charge in [-0.15, -0.1) is 10.2 Å². The van der Waals surface area contributed by atoms with Gasteiger partial charge in [-0.05, 0) is 50.0 Å². The van der Waals surface area contributed by atoms with Crippen LogP contribution in [0, 0.1) is 0 Å². The van der Waals surface area contributed by atoms with Gasteiger partial charge < -0.3 is 9.47 Å². The van der Waals surface area contributed by atoms with Crippen molar-refractivity contribution in [3.8, 4) is 11.5 Å². The molecule has 0 radical (unpaired) electrons. The number of carbonyl (C=O) groups excluding carboxylic acids is 1. The number of anilines is 1. The van der Waals surface area contributed by atoms with E-state index in [1.165, 1.54) is 30.3 Å². The van der Waals surface area contributed by atoms with Gasteiger partial charge in [-0.25, -0.2) is 0 Å². The fourth-order valence-electron chi connectivity index (χ4n) is 2.33. The molecule has 6 nitrogen and oxygen atoms in total. The number of hydrogen-bond acceptors (Lipinski definition) is 6. The fourth-order valence-corrected chi connectivity index (χ4v) is 3.24. The average Bonchev–Trinajstić information content (AvgIpc) is 3.39. The van der Waals surface area contributed by atoms with Crippen LogP contribution in [-0.2, 0) is 4.79 Å². The van der Waals surface area contributed by atoms with E-state index in [1.54, 1.807) is 6.08 Å². The first-order valence-electron chi connectivity index (χ1n) is 8.91. The van der Waals surface area contributed by atoms with Crippen LogP contribution in [0.3, 0.4) is 0 Å². The van der Waals surface area contributed by atoms with E-state index >= 15 is 0 Å². The van der Waals surface area contributed by atoms with Crippen molar-refractivity contribution in [3.63, 3.8) is 0 Å². The summed E-state index contributed by atoms with van der Waals surface area (Å²) in [6, 6.07) is 5.63. The molecule has 3 rings (SSSR count). The van der Waals surface area contributed by atoms with E-state index in [-0.39, 0.29) is 5.91 Å². The lowest BCUT2D eigenvalue weighted by atomic mass is 10.2. The lowest BCUT2D eigenvalue weighted by Crippen LogP contribution is -2.07. The van der Waals surface area contributed by atoms with E-state index < -0.39 is 0 Å². The Hall–Kier alpha value is -2.41. The summed E-state index contributed by atoms with van der Waals surface area (Å²) in [5.41, 5.74) is 0.864.